The number of anilines is 1. The summed E-state index contributed by atoms with van der Waals surface area (Å²) >= 11 is 5.01. The average molecular weight is 345 g/mol. The largest absolute Gasteiger partial charge is 0.395 e. The number of nitrogens with one attached hydrogen (secondary N) is 1. The Balaban J connectivity index is 2.25. The zero-order valence-electron chi connectivity index (χ0n) is 13.4. The molecule has 0 spiro atoms. The van der Waals surface area contributed by atoms with Gasteiger partial charge in [0.15, 0.2) is 5.11 Å². The second-order valence-electron chi connectivity index (χ2n) is 5.26. The molecule has 1 fully saturated rings. The molecule has 0 unspecified atom stereocenters. The van der Waals surface area contributed by atoms with Crippen molar-refractivity contribution in [1.29, 1.82) is 0 Å². The average Bonchev–Trinajstić information content (AvgIpc) is 2.56. The molecule has 1 heterocycles. The highest BCUT2D eigenvalue weighted by Gasteiger charge is 2.32. The van der Waals surface area contributed by atoms with Gasteiger partial charge in [-0.3, -0.25) is 19.8 Å². The first-order valence-corrected chi connectivity index (χ1v) is 7.80. The Hall–Kier alpha value is -2.51. The van der Waals surface area contributed by atoms with Crippen molar-refractivity contribution in [2.45, 2.75) is 0 Å². The monoisotopic (exact) mass is 345 g/mol. The SMILES string of the molecule is C=CCN1C(=O)/C(=C/c2ccc(N(C)CCO)cc2)C(=O)NC1=S. The zero-order valence-corrected chi connectivity index (χ0v) is 14.2. The molecule has 2 rings (SSSR count). The summed E-state index contributed by atoms with van der Waals surface area (Å²) in [4.78, 5) is 27.7. The molecule has 24 heavy (non-hydrogen) atoms. The minimum atomic E-state index is -0.508. The quantitative estimate of drug-likeness (QED) is 0.347. The third-order valence-electron chi connectivity index (χ3n) is 3.58. The lowest BCUT2D eigenvalue weighted by Gasteiger charge is -2.27. The van der Waals surface area contributed by atoms with Crippen molar-refractivity contribution in [1.82, 2.24) is 10.2 Å². The first kappa shape index (κ1) is 17.8. The van der Waals surface area contributed by atoms with Gasteiger partial charge in [0.1, 0.15) is 5.57 Å². The number of carbonyl (C=O) groups excluding carboxylic acids is 2. The van der Waals surface area contributed by atoms with Crippen LogP contribution in [-0.4, -0.2) is 53.7 Å². The summed E-state index contributed by atoms with van der Waals surface area (Å²) in [6.07, 6.45) is 3.08. The number of rotatable bonds is 6. The molecule has 1 saturated heterocycles. The van der Waals surface area contributed by atoms with Crippen LogP contribution < -0.4 is 10.2 Å². The van der Waals surface area contributed by atoms with Crippen molar-refractivity contribution in [3.05, 3.63) is 48.1 Å². The molecule has 2 amide bonds. The predicted molar refractivity (Wildman–Crippen MR) is 97.4 cm³/mol. The number of likely N-dealkylation sites (N-methyl/N-ethyl adjacent to an activating group) is 1. The highest BCUT2D eigenvalue weighted by molar-refractivity contribution is 7.80. The summed E-state index contributed by atoms with van der Waals surface area (Å²) in [6, 6.07) is 7.34. The topological polar surface area (TPSA) is 72.9 Å². The van der Waals surface area contributed by atoms with Crippen molar-refractivity contribution < 1.29 is 14.7 Å². The van der Waals surface area contributed by atoms with Gasteiger partial charge < -0.3 is 10.0 Å². The number of thiocarbonyl (C=S) groups is 1. The van der Waals surface area contributed by atoms with Gasteiger partial charge in [0, 0.05) is 25.8 Å². The van der Waals surface area contributed by atoms with Gasteiger partial charge in [-0.15, -0.1) is 6.58 Å². The molecule has 2 N–H and O–H groups in total. The number of hydrogen-bond acceptors (Lipinski definition) is 5. The predicted octanol–water partition coefficient (Wildman–Crippen LogP) is 0.928. The number of aliphatic hydroxyl groups excluding tert-OH is 1. The van der Waals surface area contributed by atoms with E-state index in [-0.39, 0.29) is 23.8 Å². The van der Waals surface area contributed by atoms with Crippen LogP contribution in [0.4, 0.5) is 5.69 Å². The van der Waals surface area contributed by atoms with Crippen molar-refractivity contribution in [3.63, 3.8) is 0 Å². The normalized spacial score (nSPS) is 16.3. The Labute approximate surface area is 146 Å². The lowest BCUT2D eigenvalue weighted by Crippen LogP contribution is -2.53. The van der Waals surface area contributed by atoms with Crippen molar-refractivity contribution in [3.8, 4) is 0 Å². The molecule has 0 radical (unpaired) electrons. The summed E-state index contributed by atoms with van der Waals surface area (Å²) in [7, 11) is 1.87. The van der Waals surface area contributed by atoms with Gasteiger partial charge in [-0.05, 0) is 36.0 Å². The third-order valence-corrected chi connectivity index (χ3v) is 3.90. The molecular formula is C17H19N3O3S. The molecule has 7 heteroatoms. The first-order chi connectivity index (χ1) is 11.5. The lowest BCUT2D eigenvalue weighted by molar-refractivity contribution is -0.128. The van der Waals surface area contributed by atoms with E-state index in [2.05, 4.69) is 11.9 Å². The molecular weight excluding hydrogens is 326 g/mol. The van der Waals surface area contributed by atoms with Crippen LogP contribution in [0.3, 0.4) is 0 Å². The minimum Gasteiger partial charge on any atom is -0.395 e. The molecule has 0 aliphatic carbocycles. The van der Waals surface area contributed by atoms with E-state index in [9.17, 15) is 9.59 Å². The Bertz CT molecular complexity index is 698. The van der Waals surface area contributed by atoms with E-state index in [1.165, 1.54) is 11.0 Å². The second-order valence-corrected chi connectivity index (χ2v) is 5.65. The van der Waals surface area contributed by atoms with E-state index in [4.69, 9.17) is 17.3 Å². The summed E-state index contributed by atoms with van der Waals surface area (Å²) in [5, 5.41) is 11.6. The third kappa shape index (κ3) is 3.87. The fourth-order valence-corrected chi connectivity index (χ4v) is 2.51. The minimum absolute atomic E-state index is 0.0295. The van der Waals surface area contributed by atoms with E-state index in [1.807, 2.05) is 36.2 Å². The van der Waals surface area contributed by atoms with Crippen molar-refractivity contribution in [2.75, 3.05) is 31.6 Å². The highest BCUT2D eigenvalue weighted by atomic mass is 32.1. The van der Waals surface area contributed by atoms with Crippen LogP contribution in [0, 0.1) is 0 Å². The molecule has 1 aliphatic heterocycles. The zero-order chi connectivity index (χ0) is 17.7. The number of hydrogen-bond donors (Lipinski definition) is 2. The van der Waals surface area contributed by atoms with Gasteiger partial charge in [0.05, 0.1) is 6.61 Å². The molecule has 6 nitrogen and oxygen atoms in total. The maximum absolute atomic E-state index is 12.4. The second kappa shape index (κ2) is 7.85. The van der Waals surface area contributed by atoms with Gasteiger partial charge in [-0.1, -0.05) is 18.2 Å². The summed E-state index contributed by atoms with van der Waals surface area (Å²) < 4.78 is 0. The van der Waals surface area contributed by atoms with Gasteiger partial charge in [0.25, 0.3) is 11.8 Å². The summed E-state index contributed by atoms with van der Waals surface area (Å²) in [5.41, 5.74) is 1.68. The van der Waals surface area contributed by atoms with E-state index in [0.29, 0.717) is 6.54 Å². The van der Waals surface area contributed by atoms with Crippen molar-refractivity contribution >= 4 is 40.9 Å². The van der Waals surface area contributed by atoms with Gasteiger partial charge in [0.2, 0.25) is 0 Å². The number of carbonyl (C=O) groups is 2. The van der Waals surface area contributed by atoms with Crippen molar-refractivity contribution in [2.24, 2.45) is 0 Å². The number of amides is 2. The molecule has 0 saturated carbocycles. The van der Waals surface area contributed by atoms with Gasteiger partial charge in [-0.25, -0.2) is 0 Å². The Morgan fingerprint density at radius 2 is 2.00 bits per heavy atom. The van der Waals surface area contributed by atoms with Crippen LogP contribution in [-0.2, 0) is 9.59 Å². The van der Waals surface area contributed by atoms with Gasteiger partial charge in [-0.2, -0.15) is 0 Å². The summed E-state index contributed by atoms with van der Waals surface area (Å²) in [5.74, 6) is -0.947. The van der Waals surface area contributed by atoms with Crippen LogP contribution >= 0.6 is 12.2 Å². The molecule has 0 atom stereocenters. The van der Waals surface area contributed by atoms with E-state index >= 15 is 0 Å². The maximum Gasteiger partial charge on any atom is 0.265 e. The standard InChI is InChI=1S/C17H19N3O3S/c1-3-8-20-16(23)14(15(22)18-17(20)24)11-12-4-6-13(7-5-12)19(2)9-10-21/h3-7,11,21H,1,8-10H2,2H3,(H,18,22,24)/b14-11+. The van der Waals surface area contributed by atoms with Crippen LogP contribution in [0.25, 0.3) is 6.08 Å². The molecule has 1 aliphatic rings. The lowest BCUT2D eigenvalue weighted by atomic mass is 10.1. The number of nitrogens with zero attached hydrogens (tertiary/aromatic N) is 2. The van der Waals surface area contributed by atoms with E-state index in [0.717, 1.165) is 11.3 Å². The van der Waals surface area contributed by atoms with E-state index in [1.54, 1.807) is 6.08 Å². The highest BCUT2D eigenvalue weighted by Crippen LogP contribution is 2.18. The Morgan fingerprint density at radius 3 is 2.58 bits per heavy atom. The Morgan fingerprint density at radius 1 is 1.33 bits per heavy atom. The molecule has 0 aromatic heterocycles. The first-order valence-electron chi connectivity index (χ1n) is 7.39. The fourth-order valence-electron chi connectivity index (χ4n) is 2.26. The fraction of sp³-hybridized carbons (Fsp3) is 0.235. The van der Waals surface area contributed by atoms with Crippen LogP contribution in [0.1, 0.15) is 5.56 Å². The van der Waals surface area contributed by atoms with Crippen LogP contribution in [0.2, 0.25) is 0 Å². The Kier molecular flexibility index (Phi) is 5.83. The molecule has 126 valence electrons. The van der Waals surface area contributed by atoms with Crippen LogP contribution in [0.5, 0.6) is 0 Å². The smallest absolute Gasteiger partial charge is 0.265 e. The van der Waals surface area contributed by atoms with Crippen LogP contribution in [0.15, 0.2) is 42.5 Å². The maximum atomic E-state index is 12.4. The number of aliphatic hydroxyl groups is 1. The summed E-state index contributed by atoms with van der Waals surface area (Å²) in [6.45, 7) is 4.41. The van der Waals surface area contributed by atoms with Gasteiger partial charge >= 0.3 is 0 Å². The van der Waals surface area contributed by atoms with E-state index < -0.39 is 11.8 Å². The molecule has 0 bridgehead atoms. The number of benzene rings is 1. The molecule has 1 aromatic carbocycles. The molecule has 1 aromatic rings.